The summed E-state index contributed by atoms with van der Waals surface area (Å²) in [5.74, 6) is 1.55. The van der Waals surface area contributed by atoms with Crippen molar-refractivity contribution in [3.8, 4) is 11.5 Å². The molecule has 0 bridgehead atoms. The summed E-state index contributed by atoms with van der Waals surface area (Å²) in [5.41, 5.74) is 1.47. The highest BCUT2D eigenvalue weighted by molar-refractivity contribution is 5.33. The van der Waals surface area contributed by atoms with Crippen molar-refractivity contribution in [1.29, 1.82) is 0 Å². The SMILES string of the molecule is CC(C)(C)c1ccc(Oc2cn[nH]c2)cc1. The smallest absolute Gasteiger partial charge is 0.165 e. The number of hydrogen-bond acceptors (Lipinski definition) is 2. The standard InChI is InChI=1S/C13H16N2O/c1-13(2,3)10-4-6-11(7-5-10)16-12-8-14-15-9-12/h4-9H,1-3H3,(H,14,15). The van der Waals surface area contributed by atoms with E-state index in [0.29, 0.717) is 0 Å². The molecule has 1 aromatic heterocycles. The van der Waals surface area contributed by atoms with Gasteiger partial charge in [-0.2, -0.15) is 5.10 Å². The molecular weight excluding hydrogens is 200 g/mol. The number of aromatic nitrogens is 2. The molecule has 0 aliphatic carbocycles. The van der Waals surface area contributed by atoms with Crippen LogP contribution in [0.5, 0.6) is 11.5 Å². The van der Waals surface area contributed by atoms with Gasteiger partial charge in [0.1, 0.15) is 5.75 Å². The molecule has 0 saturated heterocycles. The second kappa shape index (κ2) is 4.00. The predicted molar refractivity (Wildman–Crippen MR) is 63.8 cm³/mol. The van der Waals surface area contributed by atoms with Gasteiger partial charge in [-0.25, -0.2) is 0 Å². The van der Waals surface area contributed by atoms with Crippen molar-refractivity contribution in [3.05, 3.63) is 42.2 Å². The van der Waals surface area contributed by atoms with Crippen LogP contribution in [0.15, 0.2) is 36.7 Å². The Bertz CT molecular complexity index is 438. The van der Waals surface area contributed by atoms with E-state index in [-0.39, 0.29) is 5.41 Å². The van der Waals surface area contributed by atoms with Crippen LogP contribution < -0.4 is 4.74 Å². The molecule has 2 aromatic rings. The number of rotatable bonds is 2. The van der Waals surface area contributed by atoms with Crippen LogP contribution in [0.2, 0.25) is 0 Å². The third-order valence-corrected chi connectivity index (χ3v) is 2.43. The van der Waals surface area contributed by atoms with Gasteiger partial charge < -0.3 is 4.74 Å². The van der Waals surface area contributed by atoms with Crippen molar-refractivity contribution in [3.63, 3.8) is 0 Å². The van der Waals surface area contributed by atoms with E-state index in [1.54, 1.807) is 12.4 Å². The molecule has 1 N–H and O–H groups in total. The Balaban J connectivity index is 2.14. The van der Waals surface area contributed by atoms with Gasteiger partial charge in [-0.3, -0.25) is 5.10 Å². The Hall–Kier alpha value is -1.77. The summed E-state index contributed by atoms with van der Waals surface area (Å²) >= 11 is 0. The quantitative estimate of drug-likeness (QED) is 0.834. The molecule has 3 nitrogen and oxygen atoms in total. The molecule has 0 spiro atoms. The maximum absolute atomic E-state index is 5.59. The first-order valence-corrected chi connectivity index (χ1v) is 5.33. The Kier molecular flexibility index (Phi) is 2.69. The van der Waals surface area contributed by atoms with Gasteiger partial charge in [-0.15, -0.1) is 0 Å². The van der Waals surface area contributed by atoms with E-state index in [1.165, 1.54) is 5.56 Å². The summed E-state index contributed by atoms with van der Waals surface area (Å²) in [7, 11) is 0. The van der Waals surface area contributed by atoms with E-state index in [2.05, 4.69) is 43.1 Å². The van der Waals surface area contributed by atoms with Gasteiger partial charge in [0.05, 0.1) is 12.4 Å². The highest BCUT2D eigenvalue weighted by atomic mass is 16.5. The monoisotopic (exact) mass is 216 g/mol. The Morgan fingerprint density at radius 3 is 2.25 bits per heavy atom. The molecule has 1 heterocycles. The summed E-state index contributed by atoms with van der Waals surface area (Å²) in [4.78, 5) is 0. The minimum Gasteiger partial charge on any atom is -0.454 e. The molecule has 0 saturated carbocycles. The van der Waals surface area contributed by atoms with Crippen LogP contribution in [0.4, 0.5) is 0 Å². The fourth-order valence-electron chi connectivity index (χ4n) is 1.45. The third-order valence-electron chi connectivity index (χ3n) is 2.43. The van der Waals surface area contributed by atoms with E-state index < -0.39 is 0 Å². The third kappa shape index (κ3) is 2.42. The molecule has 0 amide bonds. The second-order valence-corrected chi connectivity index (χ2v) is 4.81. The highest BCUT2D eigenvalue weighted by Gasteiger charge is 2.12. The summed E-state index contributed by atoms with van der Waals surface area (Å²) in [6, 6.07) is 8.14. The molecule has 2 rings (SSSR count). The number of H-pyrrole nitrogens is 1. The van der Waals surface area contributed by atoms with E-state index in [1.807, 2.05) is 12.1 Å². The van der Waals surface area contributed by atoms with Gasteiger partial charge in [0.25, 0.3) is 0 Å². The largest absolute Gasteiger partial charge is 0.454 e. The molecule has 16 heavy (non-hydrogen) atoms. The Morgan fingerprint density at radius 1 is 1.06 bits per heavy atom. The minimum atomic E-state index is 0.175. The first-order chi connectivity index (χ1) is 7.55. The second-order valence-electron chi connectivity index (χ2n) is 4.81. The number of nitrogens with zero attached hydrogens (tertiary/aromatic N) is 1. The molecule has 3 heteroatoms. The average molecular weight is 216 g/mol. The minimum absolute atomic E-state index is 0.175. The van der Waals surface area contributed by atoms with Gasteiger partial charge >= 0.3 is 0 Å². The molecule has 0 atom stereocenters. The number of benzene rings is 1. The van der Waals surface area contributed by atoms with Gasteiger partial charge in [0.15, 0.2) is 5.75 Å². The summed E-state index contributed by atoms with van der Waals surface area (Å²) < 4.78 is 5.59. The molecule has 84 valence electrons. The lowest BCUT2D eigenvalue weighted by molar-refractivity contribution is 0.481. The summed E-state index contributed by atoms with van der Waals surface area (Å²) in [6.45, 7) is 6.58. The topological polar surface area (TPSA) is 37.9 Å². The normalized spacial score (nSPS) is 11.4. The zero-order valence-corrected chi connectivity index (χ0v) is 9.82. The van der Waals surface area contributed by atoms with Crippen LogP contribution in [0, 0.1) is 0 Å². The van der Waals surface area contributed by atoms with Crippen LogP contribution in [0.1, 0.15) is 26.3 Å². The van der Waals surface area contributed by atoms with Gasteiger partial charge in [-0.1, -0.05) is 32.9 Å². The molecule has 0 aliphatic rings. The highest BCUT2D eigenvalue weighted by Crippen LogP contribution is 2.26. The van der Waals surface area contributed by atoms with Crippen LogP contribution in [-0.2, 0) is 5.41 Å². The van der Waals surface area contributed by atoms with Crippen LogP contribution in [0.25, 0.3) is 0 Å². The maximum Gasteiger partial charge on any atom is 0.165 e. The van der Waals surface area contributed by atoms with Crippen LogP contribution >= 0.6 is 0 Å². The number of ether oxygens (including phenoxy) is 1. The average Bonchev–Trinajstić information content (AvgIpc) is 2.70. The first kappa shape index (κ1) is 10.7. The number of aromatic amines is 1. The van der Waals surface area contributed by atoms with Gasteiger partial charge in [0, 0.05) is 0 Å². The maximum atomic E-state index is 5.59. The molecule has 0 radical (unpaired) electrons. The van der Waals surface area contributed by atoms with Crippen molar-refractivity contribution in [1.82, 2.24) is 10.2 Å². The zero-order valence-electron chi connectivity index (χ0n) is 9.82. The van der Waals surface area contributed by atoms with Crippen molar-refractivity contribution < 1.29 is 4.74 Å². The molecule has 1 aromatic carbocycles. The van der Waals surface area contributed by atoms with Crippen LogP contribution in [-0.4, -0.2) is 10.2 Å². The van der Waals surface area contributed by atoms with E-state index in [4.69, 9.17) is 4.74 Å². The van der Waals surface area contributed by atoms with Crippen molar-refractivity contribution >= 4 is 0 Å². The van der Waals surface area contributed by atoms with Gasteiger partial charge in [-0.05, 0) is 23.1 Å². The van der Waals surface area contributed by atoms with Crippen LogP contribution in [0.3, 0.4) is 0 Å². The number of hydrogen-bond donors (Lipinski definition) is 1. The molecule has 0 aliphatic heterocycles. The number of nitrogens with one attached hydrogen (secondary N) is 1. The lowest BCUT2D eigenvalue weighted by Gasteiger charge is -2.18. The van der Waals surface area contributed by atoms with E-state index in [9.17, 15) is 0 Å². The lowest BCUT2D eigenvalue weighted by Crippen LogP contribution is -2.10. The van der Waals surface area contributed by atoms with E-state index in [0.717, 1.165) is 11.5 Å². The zero-order chi connectivity index (χ0) is 11.6. The first-order valence-electron chi connectivity index (χ1n) is 5.33. The van der Waals surface area contributed by atoms with Crippen molar-refractivity contribution in [2.24, 2.45) is 0 Å². The summed E-state index contributed by atoms with van der Waals surface area (Å²) in [5, 5.41) is 6.54. The van der Waals surface area contributed by atoms with E-state index >= 15 is 0 Å². The van der Waals surface area contributed by atoms with Gasteiger partial charge in [0.2, 0.25) is 0 Å². The molecular formula is C13H16N2O. The summed E-state index contributed by atoms with van der Waals surface area (Å²) in [6.07, 6.45) is 3.37. The lowest BCUT2D eigenvalue weighted by atomic mass is 9.87. The predicted octanol–water partition coefficient (Wildman–Crippen LogP) is 3.50. The van der Waals surface area contributed by atoms with Crippen molar-refractivity contribution in [2.75, 3.05) is 0 Å². The Labute approximate surface area is 95.5 Å². The molecule has 0 fully saturated rings. The van der Waals surface area contributed by atoms with Crippen molar-refractivity contribution in [2.45, 2.75) is 26.2 Å². The Morgan fingerprint density at radius 2 is 1.75 bits per heavy atom. The fraction of sp³-hybridized carbons (Fsp3) is 0.308. The fourth-order valence-corrected chi connectivity index (χ4v) is 1.45. The molecule has 0 unspecified atom stereocenters.